The first-order valence-electron chi connectivity index (χ1n) is 9.16. The van der Waals surface area contributed by atoms with Crippen LogP contribution in [0.15, 0.2) is 70.7 Å². The zero-order chi connectivity index (χ0) is 20.6. The van der Waals surface area contributed by atoms with Crippen LogP contribution in [0.5, 0.6) is 0 Å². The van der Waals surface area contributed by atoms with Crippen molar-refractivity contribution in [3.63, 3.8) is 0 Å². The summed E-state index contributed by atoms with van der Waals surface area (Å²) in [6.07, 6.45) is 5.19. The minimum absolute atomic E-state index is 0.123. The van der Waals surface area contributed by atoms with Crippen molar-refractivity contribution in [1.29, 1.82) is 4.78 Å². The van der Waals surface area contributed by atoms with Gasteiger partial charge in [-0.3, -0.25) is 4.79 Å². The van der Waals surface area contributed by atoms with Crippen molar-refractivity contribution in [1.82, 2.24) is 14.5 Å². The second-order valence-electron chi connectivity index (χ2n) is 6.74. The molecule has 1 unspecified atom stereocenters. The molecule has 0 bridgehead atoms. The molecule has 0 spiro atoms. The number of nitrogens with zero attached hydrogens (tertiary/aromatic N) is 2. The Hall–Kier alpha value is -3.39. The van der Waals surface area contributed by atoms with Gasteiger partial charge >= 0.3 is 0 Å². The second-order valence-corrected chi connectivity index (χ2v) is 9.14. The Balaban J connectivity index is 1.99. The Morgan fingerprint density at radius 3 is 2.76 bits per heavy atom. The topological polar surface area (TPSA) is 104 Å². The van der Waals surface area contributed by atoms with Crippen LogP contribution in [0.1, 0.15) is 6.92 Å². The minimum Gasteiger partial charge on any atom is -0.357 e. The molecule has 0 radical (unpaired) electrons. The molecular weight excluding hydrogens is 386 g/mol. The van der Waals surface area contributed by atoms with Gasteiger partial charge in [0.2, 0.25) is 0 Å². The van der Waals surface area contributed by atoms with E-state index < -0.39 is 9.73 Å². The number of hydrogen-bond acceptors (Lipinski definition) is 5. The summed E-state index contributed by atoms with van der Waals surface area (Å²) in [6.45, 7) is 1.74. The summed E-state index contributed by atoms with van der Waals surface area (Å²) < 4.78 is 22.4. The predicted octanol–water partition coefficient (Wildman–Crippen LogP) is 4.10. The summed E-state index contributed by atoms with van der Waals surface area (Å²) in [5.74, 6) is 0.894. The largest absolute Gasteiger partial charge is 0.357 e. The molecule has 1 atom stereocenters. The number of hydrogen-bond donors (Lipinski definition) is 3. The molecule has 0 saturated carbocycles. The van der Waals surface area contributed by atoms with Crippen molar-refractivity contribution in [2.24, 2.45) is 7.05 Å². The lowest BCUT2D eigenvalue weighted by Crippen LogP contribution is -2.16. The maximum atomic E-state index is 12.7. The first kappa shape index (κ1) is 18.9. The smallest absolute Gasteiger partial charge is 0.274 e. The van der Waals surface area contributed by atoms with Gasteiger partial charge in [0.05, 0.1) is 9.73 Å². The molecule has 4 aromatic rings. The maximum absolute atomic E-state index is 12.7. The fraction of sp³-hybridized carbons (Fsp3) is 0.143. The van der Waals surface area contributed by atoms with E-state index in [0.29, 0.717) is 16.2 Å². The van der Waals surface area contributed by atoms with E-state index in [2.05, 4.69) is 15.3 Å². The number of H-pyrrole nitrogens is 1. The van der Waals surface area contributed by atoms with E-state index in [-0.39, 0.29) is 11.3 Å². The molecule has 0 saturated heterocycles. The third-order valence-electron chi connectivity index (χ3n) is 4.89. The third-order valence-corrected chi connectivity index (χ3v) is 6.72. The number of benzene rings is 1. The van der Waals surface area contributed by atoms with Crippen molar-refractivity contribution >= 4 is 32.1 Å². The number of fused-ring (bicyclic) bond motifs is 1. The lowest BCUT2D eigenvalue weighted by Gasteiger charge is -2.16. The van der Waals surface area contributed by atoms with Crippen molar-refractivity contribution in [2.45, 2.75) is 11.8 Å². The third kappa shape index (κ3) is 3.42. The van der Waals surface area contributed by atoms with E-state index in [4.69, 9.17) is 4.78 Å². The zero-order valence-electron chi connectivity index (χ0n) is 16.1. The van der Waals surface area contributed by atoms with Gasteiger partial charge in [-0.05, 0) is 36.4 Å². The molecule has 8 heteroatoms. The second kappa shape index (κ2) is 7.21. The zero-order valence-corrected chi connectivity index (χ0v) is 16.9. The van der Waals surface area contributed by atoms with Crippen LogP contribution in [0.4, 0.5) is 11.5 Å². The molecule has 4 rings (SSSR count). The van der Waals surface area contributed by atoms with Gasteiger partial charge in [-0.15, -0.1) is 0 Å². The predicted molar refractivity (Wildman–Crippen MR) is 116 cm³/mol. The van der Waals surface area contributed by atoms with Crippen molar-refractivity contribution in [3.05, 3.63) is 71.4 Å². The summed E-state index contributed by atoms with van der Waals surface area (Å²) in [4.78, 5) is 20.2. The fourth-order valence-electron chi connectivity index (χ4n) is 3.29. The fourth-order valence-corrected chi connectivity index (χ4v) is 4.21. The molecule has 7 nitrogen and oxygen atoms in total. The Labute approximate surface area is 168 Å². The summed E-state index contributed by atoms with van der Waals surface area (Å²) in [5, 5.41) is 4.06. The van der Waals surface area contributed by atoms with Gasteiger partial charge in [0.25, 0.3) is 5.56 Å². The molecule has 0 aliphatic carbocycles. The monoisotopic (exact) mass is 407 g/mol. The maximum Gasteiger partial charge on any atom is 0.274 e. The van der Waals surface area contributed by atoms with Crippen LogP contribution in [0.2, 0.25) is 0 Å². The standard InChI is InChI=1S/C21H21N5O2S/c1-3-29(22,28)14-7-8-18(25-19-6-4-5-10-23-19)16(12-14)17-13-26(2)21(27)20-15(17)9-11-24-20/h4-13,22,24H,3H2,1-2H3,(H,23,25). The molecule has 0 fully saturated rings. The van der Waals surface area contributed by atoms with Crippen molar-refractivity contribution in [2.75, 3.05) is 11.1 Å². The molecule has 3 heterocycles. The number of nitrogens with one attached hydrogen (secondary N) is 3. The highest BCUT2D eigenvalue weighted by Gasteiger charge is 2.17. The normalized spacial score (nSPS) is 13.3. The van der Waals surface area contributed by atoms with E-state index in [9.17, 15) is 9.00 Å². The van der Waals surface area contributed by atoms with Gasteiger partial charge in [0.1, 0.15) is 11.3 Å². The molecule has 148 valence electrons. The summed E-state index contributed by atoms with van der Waals surface area (Å²) >= 11 is 0. The Morgan fingerprint density at radius 2 is 2.03 bits per heavy atom. The number of anilines is 2. The van der Waals surface area contributed by atoms with Gasteiger partial charge < -0.3 is 14.9 Å². The minimum atomic E-state index is -2.90. The van der Waals surface area contributed by atoms with Gasteiger partial charge in [0, 0.05) is 58.5 Å². The van der Waals surface area contributed by atoms with Crippen LogP contribution in [0, 0.1) is 4.78 Å². The lowest BCUT2D eigenvalue weighted by molar-refractivity contribution is 0.675. The van der Waals surface area contributed by atoms with Crippen molar-refractivity contribution in [3.8, 4) is 11.1 Å². The molecule has 29 heavy (non-hydrogen) atoms. The first-order chi connectivity index (χ1) is 13.9. The summed E-state index contributed by atoms with van der Waals surface area (Å²) in [5.41, 5.74) is 2.68. The Kier molecular flexibility index (Phi) is 4.71. The molecule has 0 amide bonds. The number of pyridine rings is 2. The molecule has 3 aromatic heterocycles. The molecule has 1 aromatic carbocycles. The molecule has 0 aliphatic rings. The van der Waals surface area contributed by atoms with Crippen LogP contribution < -0.4 is 10.9 Å². The summed E-state index contributed by atoms with van der Waals surface area (Å²) in [6, 6.07) is 12.7. The Morgan fingerprint density at radius 1 is 1.21 bits per heavy atom. The number of rotatable bonds is 5. The van der Waals surface area contributed by atoms with Crippen molar-refractivity contribution < 1.29 is 4.21 Å². The molecular formula is C21H21N5O2S. The van der Waals surface area contributed by atoms with E-state index in [0.717, 1.165) is 22.2 Å². The quantitative estimate of drug-likeness (QED) is 0.463. The summed E-state index contributed by atoms with van der Waals surface area (Å²) in [7, 11) is -1.20. The van der Waals surface area contributed by atoms with Gasteiger partial charge in [-0.25, -0.2) is 14.0 Å². The highest BCUT2D eigenvalue weighted by Crippen LogP contribution is 2.35. The highest BCUT2D eigenvalue weighted by molar-refractivity contribution is 7.92. The van der Waals surface area contributed by atoms with Crippen LogP contribution >= 0.6 is 0 Å². The van der Waals surface area contributed by atoms with E-state index in [1.807, 2.05) is 30.3 Å². The number of aryl methyl sites for hydroxylation is 1. The van der Waals surface area contributed by atoms with E-state index >= 15 is 0 Å². The van der Waals surface area contributed by atoms with Gasteiger partial charge in [-0.2, -0.15) is 0 Å². The molecule has 0 aliphatic heterocycles. The average molecular weight is 407 g/mol. The lowest BCUT2D eigenvalue weighted by atomic mass is 10.0. The highest BCUT2D eigenvalue weighted by atomic mass is 32.2. The number of aromatic amines is 1. The average Bonchev–Trinajstić information content (AvgIpc) is 3.22. The first-order valence-corrected chi connectivity index (χ1v) is 10.9. The van der Waals surface area contributed by atoms with Crippen LogP contribution in [-0.4, -0.2) is 24.5 Å². The molecule has 3 N–H and O–H groups in total. The van der Waals surface area contributed by atoms with Crippen LogP contribution in [0.25, 0.3) is 22.0 Å². The van der Waals surface area contributed by atoms with Gasteiger partial charge in [0.15, 0.2) is 0 Å². The Bertz CT molecular complexity index is 1360. The van der Waals surface area contributed by atoms with E-state index in [1.54, 1.807) is 44.7 Å². The van der Waals surface area contributed by atoms with Crippen LogP contribution in [0.3, 0.4) is 0 Å². The van der Waals surface area contributed by atoms with E-state index in [1.165, 1.54) is 4.57 Å². The van der Waals surface area contributed by atoms with Crippen LogP contribution in [-0.2, 0) is 16.8 Å². The SMILES string of the molecule is CCS(=N)(=O)c1ccc(Nc2ccccn2)c(-c2cn(C)c(=O)c3[nH]ccc23)c1. The van der Waals surface area contributed by atoms with Gasteiger partial charge in [-0.1, -0.05) is 13.0 Å². The number of aromatic nitrogens is 3.